The summed E-state index contributed by atoms with van der Waals surface area (Å²) in [4.78, 5) is 22.9. The van der Waals surface area contributed by atoms with Gasteiger partial charge in [-0.05, 0) is 49.6 Å². The first kappa shape index (κ1) is 14.5. The molecule has 1 saturated heterocycles. The van der Waals surface area contributed by atoms with Crippen LogP contribution < -0.4 is 10.2 Å². The fraction of sp³-hybridized carbons (Fsp3) is 0.353. The Balaban J connectivity index is 1.62. The van der Waals surface area contributed by atoms with E-state index in [1.807, 2.05) is 25.3 Å². The monoisotopic (exact) mass is 296 g/mol. The van der Waals surface area contributed by atoms with Crippen molar-refractivity contribution < 1.29 is 4.79 Å². The summed E-state index contributed by atoms with van der Waals surface area (Å²) < 4.78 is 0. The van der Waals surface area contributed by atoms with Crippen LogP contribution in [0.25, 0.3) is 0 Å². The Bertz CT molecular complexity index is 648. The van der Waals surface area contributed by atoms with E-state index in [9.17, 15) is 4.79 Å². The minimum Gasteiger partial charge on any atom is -0.357 e. The minimum absolute atomic E-state index is 0.105. The van der Waals surface area contributed by atoms with E-state index in [1.54, 1.807) is 12.3 Å². The second kappa shape index (κ2) is 6.56. The number of aromatic nitrogens is 2. The molecular weight excluding hydrogens is 276 g/mol. The van der Waals surface area contributed by atoms with Crippen LogP contribution >= 0.6 is 0 Å². The van der Waals surface area contributed by atoms with Gasteiger partial charge in [-0.15, -0.1) is 0 Å². The van der Waals surface area contributed by atoms with E-state index in [2.05, 4.69) is 26.3 Å². The number of aryl methyl sites for hydroxylation is 1. The standard InChI is InChI=1S/C17H20N4O/c1-13-4-5-15(12-19-13)17(22)20-11-14-6-7-18-16(10-14)21-8-2-3-9-21/h4-7,10,12H,2-3,8-9,11H2,1H3,(H,20,22). The molecule has 1 fully saturated rings. The van der Waals surface area contributed by atoms with Gasteiger partial charge in [-0.3, -0.25) is 9.78 Å². The van der Waals surface area contributed by atoms with E-state index < -0.39 is 0 Å². The Hall–Kier alpha value is -2.43. The fourth-order valence-corrected chi connectivity index (χ4v) is 2.58. The van der Waals surface area contributed by atoms with Gasteiger partial charge in [0.25, 0.3) is 5.91 Å². The van der Waals surface area contributed by atoms with Gasteiger partial charge < -0.3 is 10.2 Å². The Morgan fingerprint density at radius 2 is 2.05 bits per heavy atom. The minimum atomic E-state index is -0.105. The summed E-state index contributed by atoms with van der Waals surface area (Å²) in [6.07, 6.45) is 5.86. The highest BCUT2D eigenvalue weighted by molar-refractivity contribution is 5.93. The number of hydrogen-bond acceptors (Lipinski definition) is 4. The van der Waals surface area contributed by atoms with Gasteiger partial charge in [0.2, 0.25) is 0 Å². The van der Waals surface area contributed by atoms with Crippen molar-refractivity contribution in [1.29, 1.82) is 0 Å². The maximum Gasteiger partial charge on any atom is 0.253 e. The zero-order chi connectivity index (χ0) is 15.4. The SMILES string of the molecule is Cc1ccc(C(=O)NCc2ccnc(N3CCCC3)c2)cn1. The normalized spacial score (nSPS) is 14.1. The van der Waals surface area contributed by atoms with Gasteiger partial charge in [-0.2, -0.15) is 0 Å². The van der Waals surface area contributed by atoms with E-state index >= 15 is 0 Å². The quantitative estimate of drug-likeness (QED) is 0.940. The van der Waals surface area contributed by atoms with Crippen LogP contribution in [0.1, 0.15) is 34.5 Å². The van der Waals surface area contributed by atoms with E-state index in [0.717, 1.165) is 30.2 Å². The molecule has 5 heteroatoms. The van der Waals surface area contributed by atoms with Crippen molar-refractivity contribution in [2.24, 2.45) is 0 Å². The number of amides is 1. The molecule has 0 bridgehead atoms. The first-order valence-corrected chi connectivity index (χ1v) is 7.63. The van der Waals surface area contributed by atoms with Crippen LogP contribution in [0.4, 0.5) is 5.82 Å². The summed E-state index contributed by atoms with van der Waals surface area (Å²) in [6, 6.07) is 7.62. The van der Waals surface area contributed by atoms with Gasteiger partial charge in [0.1, 0.15) is 5.82 Å². The molecule has 0 saturated carbocycles. The predicted molar refractivity (Wildman–Crippen MR) is 85.8 cm³/mol. The number of carbonyl (C=O) groups excluding carboxylic acids is 1. The zero-order valence-corrected chi connectivity index (χ0v) is 12.7. The molecule has 114 valence electrons. The molecule has 22 heavy (non-hydrogen) atoms. The third-order valence-electron chi connectivity index (χ3n) is 3.87. The van der Waals surface area contributed by atoms with Crippen LogP contribution in [0.15, 0.2) is 36.7 Å². The smallest absolute Gasteiger partial charge is 0.253 e. The lowest BCUT2D eigenvalue weighted by atomic mass is 10.2. The highest BCUT2D eigenvalue weighted by Crippen LogP contribution is 2.18. The summed E-state index contributed by atoms with van der Waals surface area (Å²) in [7, 11) is 0. The molecule has 0 aliphatic carbocycles. The molecule has 2 aromatic heterocycles. The van der Waals surface area contributed by atoms with Gasteiger partial charge in [-0.25, -0.2) is 4.98 Å². The molecular formula is C17H20N4O. The largest absolute Gasteiger partial charge is 0.357 e. The Kier molecular flexibility index (Phi) is 4.32. The molecule has 0 unspecified atom stereocenters. The fourth-order valence-electron chi connectivity index (χ4n) is 2.58. The Morgan fingerprint density at radius 3 is 2.77 bits per heavy atom. The van der Waals surface area contributed by atoms with Crippen LogP contribution in [-0.4, -0.2) is 29.0 Å². The molecule has 2 aromatic rings. The molecule has 3 heterocycles. The maximum absolute atomic E-state index is 12.1. The molecule has 1 amide bonds. The van der Waals surface area contributed by atoms with E-state index in [-0.39, 0.29) is 5.91 Å². The number of nitrogens with zero attached hydrogens (tertiary/aromatic N) is 3. The van der Waals surface area contributed by atoms with Crippen LogP contribution in [0.5, 0.6) is 0 Å². The number of nitrogens with one attached hydrogen (secondary N) is 1. The van der Waals surface area contributed by atoms with Gasteiger partial charge in [0.15, 0.2) is 0 Å². The van der Waals surface area contributed by atoms with Crippen molar-refractivity contribution in [3.63, 3.8) is 0 Å². The van der Waals surface area contributed by atoms with Gasteiger partial charge in [-0.1, -0.05) is 0 Å². The van der Waals surface area contributed by atoms with Gasteiger partial charge >= 0.3 is 0 Å². The van der Waals surface area contributed by atoms with Crippen molar-refractivity contribution in [1.82, 2.24) is 15.3 Å². The topological polar surface area (TPSA) is 58.1 Å². The number of rotatable bonds is 4. The summed E-state index contributed by atoms with van der Waals surface area (Å²) in [5.41, 5.74) is 2.55. The molecule has 0 radical (unpaired) electrons. The molecule has 0 spiro atoms. The highest BCUT2D eigenvalue weighted by Gasteiger charge is 2.13. The molecule has 5 nitrogen and oxygen atoms in total. The predicted octanol–water partition coefficient (Wildman–Crippen LogP) is 2.32. The first-order chi connectivity index (χ1) is 10.7. The lowest BCUT2D eigenvalue weighted by Gasteiger charge is -2.17. The third kappa shape index (κ3) is 3.42. The third-order valence-corrected chi connectivity index (χ3v) is 3.87. The average molecular weight is 296 g/mol. The molecule has 1 N–H and O–H groups in total. The summed E-state index contributed by atoms with van der Waals surface area (Å²) in [6.45, 7) is 4.53. The van der Waals surface area contributed by atoms with Crippen LogP contribution in [-0.2, 0) is 6.54 Å². The summed E-state index contributed by atoms with van der Waals surface area (Å²) in [5.74, 6) is 0.897. The average Bonchev–Trinajstić information content (AvgIpc) is 3.08. The van der Waals surface area contributed by atoms with Crippen molar-refractivity contribution in [3.8, 4) is 0 Å². The zero-order valence-electron chi connectivity index (χ0n) is 12.7. The molecule has 0 aromatic carbocycles. The van der Waals surface area contributed by atoms with Crippen LogP contribution in [0, 0.1) is 6.92 Å². The second-order valence-electron chi connectivity index (χ2n) is 5.59. The molecule has 1 aliphatic rings. The highest BCUT2D eigenvalue weighted by atomic mass is 16.1. The number of carbonyl (C=O) groups is 1. The molecule has 0 atom stereocenters. The van der Waals surface area contributed by atoms with Crippen molar-refractivity contribution in [2.45, 2.75) is 26.3 Å². The number of hydrogen-bond donors (Lipinski definition) is 1. The van der Waals surface area contributed by atoms with Crippen molar-refractivity contribution in [3.05, 3.63) is 53.5 Å². The van der Waals surface area contributed by atoms with Gasteiger partial charge in [0, 0.05) is 37.7 Å². The van der Waals surface area contributed by atoms with E-state index in [1.165, 1.54) is 12.8 Å². The summed E-state index contributed by atoms with van der Waals surface area (Å²) in [5, 5.41) is 2.93. The second-order valence-corrected chi connectivity index (χ2v) is 5.59. The van der Waals surface area contributed by atoms with Gasteiger partial charge in [0.05, 0.1) is 5.56 Å². The summed E-state index contributed by atoms with van der Waals surface area (Å²) >= 11 is 0. The lowest BCUT2D eigenvalue weighted by molar-refractivity contribution is 0.0950. The Labute approximate surface area is 130 Å². The van der Waals surface area contributed by atoms with Crippen LogP contribution in [0.3, 0.4) is 0 Å². The maximum atomic E-state index is 12.1. The molecule has 3 rings (SSSR count). The lowest BCUT2D eigenvalue weighted by Crippen LogP contribution is -2.23. The molecule has 1 aliphatic heterocycles. The first-order valence-electron chi connectivity index (χ1n) is 7.63. The van der Waals surface area contributed by atoms with E-state index in [4.69, 9.17) is 0 Å². The van der Waals surface area contributed by atoms with Crippen LogP contribution in [0.2, 0.25) is 0 Å². The Morgan fingerprint density at radius 1 is 1.23 bits per heavy atom. The van der Waals surface area contributed by atoms with E-state index in [0.29, 0.717) is 12.1 Å². The number of pyridine rings is 2. The van der Waals surface area contributed by atoms with Crippen molar-refractivity contribution in [2.75, 3.05) is 18.0 Å². The van der Waals surface area contributed by atoms with Crippen molar-refractivity contribution >= 4 is 11.7 Å². The number of anilines is 1.